The smallest absolute Gasteiger partial charge is 0.324 e. The van der Waals surface area contributed by atoms with Crippen molar-refractivity contribution in [3.05, 3.63) is 0 Å². The summed E-state index contributed by atoms with van der Waals surface area (Å²) in [5, 5.41) is 25.1. The van der Waals surface area contributed by atoms with Gasteiger partial charge in [0.1, 0.15) is 5.54 Å². The predicted octanol–water partition coefficient (Wildman–Crippen LogP) is 1.72. The Morgan fingerprint density at radius 1 is 1.52 bits per heavy atom. The number of carboxylic acid groups (broad SMARTS) is 1. The van der Waals surface area contributed by atoms with E-state index in [2.05, 4.69) is 20.8 Å². The van der Waals surface area contributed by atoms with Gasteiger partial charge in [-0.1, -0.05) is 24.6 Å². The lowest BCUT2D eigenvalue weighted by molar-refractivity contribution is -0.143. The minimum atomic E-state index is -0.995. The SMILES string of the molecule is CC(C)NC(C)(CSc1nnnn1C1CCCC1)C(=O)O. The van der Waals surface area contributed by atoms with E-state index in [1.165, 1.54) is 24.6 Å². The first-order chi connectivity index (χ1) is 9.92. The van der Waals surface area contributed by atoms with Gasteiger partial charge in [-0.15, -0.1) is 5.10 Å². The van der Waals surface area contributed by atoms with Crippen LogP contribution in [0.4, 0.5) is 0 Å². The number of rotatable bonds is 7. The van der Waals surface area contributed by atoms with E-state index in [-0.39, 0.29) is 6.04 Å². The van der Waals surface area contributed by atoms with E-state index in [9.17, 15) is 9.90 Å². The zero-order chi connectivity index (χ0) is 15.5. The maximum atomic E-state index is 11.5. The Morgan fingerprint density at radius 2 is 2.19 bits per heavy atom. The number of aromatic nitrogens is 4. The lowest BCUT2D eigenvalue weighted by atomic mass is 10.1. The van der Waals surface area contributed by atoms with E-state index in [0.717, 1.165) is 12.8 Å². The van der Waals surface area contributed by atoms with Gasteiger partial charge in [0, 0.05) is 11.8 Å². The molecule has 1 atom stereocenters. The topological polar surface area (TPSA) is 92.9 Å². The van der Waals surface area contributed by atoms with Gasteiger partial charge < -0.3 is 5.11 Å². The number of carboxylic acids is 1. The summed E-state index contributed by atoms with van der Waals surface area (Å²) in [7, 11) is 0. The maximum Gasteiger partial charge on any atom is 0.324 e. The van der Waals surface area contributed by atoms with E-state index in [1.807, 2.05) is 18.5 Å². The molecule has 1 aromatic rings. The van der Waals surface area contributed by atoms with Gasteiger partial charge in [-0.2, -0.15) is 0 Å². The van der Waals surface area contributed by atoms with Gasteiger partial charge in [-0.05, 0) is 44.0 Å². The van der Waals surface area contributed by atoms with Crippen molar-refractivity contribution in [2.24, 2.45) is 0 Å². The Labute approximate surface area is 128 Å². The molecule has 7 nitrogen and oxygen atoms in total. The summed E-state index contributed by atoms with van der Waals surface area (Å²) in [6.45, 7) is 5.58. The van der Waals surface area contributed by atoms with Crippen molar-refractivity contribution in [1.82, 2.24) is 25.5 Å². The van der Waals surface area contributed by atoms with Crippen LogP contribution in [0.1, 0.15) is 52.5 Å². The van der Waals surface area contributed by atoms with Gasteiger partial charge in [0.05, 0.1) is 6.04 Å². The highest BCUT2D eigenvalue weighted by atomic mass is 32.2. The van der Waals surface area contributed by atoms with Crippen molar-refractivity contribution >= 4 is 17.7 Å². The van der Waals surface area contributed by atoms with Gasteiger partial charge >= 0.3 is 5.97 Å². The van der Waals surface area contributed by atoms with Crippen molar-refractivity contribution in [3.8, 4) is 0 Å². The van der Waals surface area contributed by atoms with Gasteiger partial charge in [0.15, 0.2) is 0 Å². The van der Waals surface area contributed by atoms with E-state index >= 15 is 0 Å². The zero-order valence-electron chi connectivity index (χ0n) is 12.7. The van der Waals surface area contributed by atoms with Crippen LogP contribution in [0, 0.1) is 0 Å². The van der Waals surface area contributed by atoms with Crippen LogP contribution in [0.2, 0.25) is 0 Å². The third-order valence-corrected chi connectivity index (χ3v) is 4.95. The molecule has 1 unspecified atom stereocenters. The second-order valence-electron chi connectivity index (χ2n) is 6.07. The molecular weight excluding hydrogens is 290 g/mol. The average Bonchev–Trinajstić information content (AvgIpc) is 3.06. The molecule has 1 aliphatic carbocycles. The van der Waals surface area contributed by atoms with Crippen molar-refractivity contribution in [1.29, 1.82) is 0 Å². The highest BCUT2D eigenvalue weighted by molar-refractivity contribution is 7.99. The summed E-state index contributed by atoms with van der Waals surface area (Å²) in [6, 6.07) is 0.453. The van der Waals surface area contributed by atoms with Gasteiger partial charge in [-0.3, -0.25) is 10.1 Å². The number of nitrogens with zero attached hydrogens (tertiary/aromatic N) is 4. The van der Waals surface area contributed by atoms with Crippen LogP contribution >= 0.6 is 11.8 Å². The molecule has 1 heterocycles. The highest BCUT2D eigenvalue weighted by Crippen LogP contribution is 2.32. The van der Waals surface area contributed by atoms with Crippen LogP contribution in [0.25, 0.3) is 0 Å². The van der Waals surface area contributed by atoms with Crippen LogP contribution in [0.3, 0.4) is 0 Å². The Hall–Kier alpha value is -1.15. The normalized spacial score (nSPS) is 19.0. The molecule has 21 heavy (non-hydrogen) atoms. The van der Waals surface area contributed by atoms with E-state index < -0.39 is 11.5 Å². The molecule has 118 valence electrons. The number of aliphatic carboxylic acids is 1. The standard InChI is InChI=1S/C13H23N5O2S/c1-9(2)14-13(3,11(19)20)8-21-12-15-16-17-18(12)10-6-4-5-7-10/h9-10,14H,4-8H2,1-3H3,(H,19,20). The fourth-order valence-corrected chi connectivity index (χ4v) is 3.71. The molecule has 1 fully saturated rings. The lowest BCUT2D eigenvalue weighted by Gasteiger charge is -2.28. The van der Waals surface area contributed by atoms with Crippen molar-refractivity contribution in [2.45, 2.75) is 69.2 Å². The van der Waals surface area contributed by atoms with Crippen molar-refractivity contribution < 1.29 is 9.90 Å². The Kier molecular flexibility index (Phi) is 5.21. The number of hydrogen-bond acceptors (Lipinski definition) is 6. The summed E-state index contributed by atoms with van der Waals surface area (Å²) >= 11 is 1.40. The summed E-state index contributed by atoms with van der Waals surface area (Å²) in [6.07, 6.45) is 4.60. The molecule has 8 heteroatoms. The fourth-order valence-electron chi connectivity index (χ4n) is 2.67. The van der Waals surface area contributed by atoms with Gasteiger partial charge in [0.25, 0.3) is 0 Å². The molecule has 0 radical (unpaired) electrons. The first kappa shape index (κ1) is 16.2. The quantitative estimate of drug-likeness (QED) is 0.740. The molecule has 0 bridgehead atoms. The molecule has 0 saturated heterocycles. The molecule has 0 spiro atoms. The van der Waals surface area contributed by atoms with E-state index in [4.69, 9.17) is 0 Å². The average molecular weight is 313 g/mol. The predicted molar refractivity (Wildman–Crippen MR) is 80.4 cm³/mol. The Bertz CT molecular complexity index is 487. The molecule has 0 aromatic carbocycles. The van der Waals surface area contributed by atoms with Gasteiger partial charge in [-0.25, -0.2) is 4.68 Å². The summed E-state index contributed by atoms with van der Waals surface area (Å²) in [5.74, 6) is -0.475. The number of nitrogens with one attached hydrogen (secondary N) is 1. The molecule has 1 aromatic heterocycles. The fraction of sp³-hybridized carbons (Fsp3) is 0.846. The lowest BCUT2D eigenvalue weighted by Crippen LogP contribution is -2.54. The monoisotopic (exact) mass is 313 g/mol. The maximum absolute atomic E-state index is 11.5. The summed E-state index contributed by atoms with van der Waals surface area (Å²) in [5.41, 5.74) is -0.995. The second kappa shape index (κ2) is 6.74. The van der Waals surface area contributed by atoms with Crippen LogP contribution in [0.15, 0.2) is 5.16 Å². The van der Waals surface area contributed by atoms with Crippen LogP contribution in [-0.2, 0) is 4.79 Å². The van der Waals surface area contributed by atoms with Gasteiger partial charge in [0.2, 0.25) is 5.16 Å². The number of tetrazole rings is 1. The summed E-state index contributed by atoms with van der Waals surface area (Å²) < 4.78 is 1.86. The number of hydrogen-bond donors (Lipinski definition) is 2. The Balaban J connectivity index is 2.04. The number of thioether (sulfide) groups is 1. The number of carbonyl (C=O) groups is 1. The first-order valence-electron chi connectivity index (χ1n) is 7.34. The van der Waals surface area contributed by atoms with Crippen LogP contribution in [-0.4, -0.2) is 48.6 Å². The van der Waals surface area contributed by atoms with Crippen molar-refractivity contribution in [3.63, 3.8) is 0 Å². The molecule has 2 N–H and O–H groups in total. The molecule has 2 rings (SSSR count). The van der Waals surface area contributed by atoms with E-state index in [1.54, 1.807) is 6.92 Å². The summed E-state index contributed by atoms with van der Waals surface area (Å²) in [4.78, 5) is 11.5. The van der Waals surface area contributed by atoms with Crippen LogP contribution < -0.4 is 5.32 Å². The minimum Gasteiger partial charge on any atom is -0.480 e. The third kappa shape index (κ3) is 3.94. The van der Waals surface area contributed by atoms with Crippen LogP contribution in [0.5, 0.6) is 0 Å². The molecule has 1 aliphatic rings. The molecular formula is C13H23N5O2S. The highest BCUT2D eigenvalue weighted by Gasteiger charge is 2.34. The first-order valence-corrected chi connectivity index (χ1v) is 8.32. The molecule has 1 saturated carbocycles. The Morgan fingerprint density at radius 3 is 2.76 bits per heavy atom. The zero-order valence-corrected chi connectivity index (χ0v) is 13.6. The minimum absolute atomic E-state index is 0.0949. The van der Waals surface area contributed by atoms with E-state index in [0.29, 0.717) is 17.0 Å². The molecule has 0 aliphatic heterocycles. The molecule has 0 amide bonds. The largest absolute Gasteiger partial charge is 0.480 e. The van der Waals surface area contributed by atoms with Crippen molar-refractivity contribution in [2.75, 3.05) is 5.75 Å². The second-order valence-corrected chi connectivity index (χ2v) is 7.01. The third-order valence-electron chi connectivity index (χ3n) is 3.70.